The van der Waals surface area contributed by atoms with Crippen LogP contribution in [-0.2, 0) is 4.79 Å². The average molecular weight is 298 g/mol. The van der Waals surface area contributed by atoms with Gasteiger partial charge in [0.2, 0.25) is 0 Å². The van der Waals surface area contributed by atoms with Crippen molar-refractivity contribution in [1.82, 2.24) is 5.32 Å². The molecule has 1 amide bonds. The van der Waals surface area contributed by atoms with E-state index in [9.17, 15) is 13.6 Å². The largest absolute Gasteiger partial charge is 0.388 e. The number of halogens is 2. The van der Waals surface area contributed by atoms with Gasteiger partial charge in [-0.05, 0) is 25.1 Å². The van der Waals surface area contributed by atoms with Crippen molar-refractivity contribution < 1.29 is 13.6 Å². The number of nitrogens with one attached hydrogen (secondary N) is 4. The number of carbonyl (C=O) groups excluding carboxylic acids is 1. The molecule has 0 spiro atoms. The van der Waals surface area contributed by atoms with E-state index in [-0.39, 0.29) is 6.54 Å². The van der Waals surface area contributed by atoms with E-state index in [1.165, 1.54) is 6.21 Å². The summed E-state index contributed by atoms with van der Waals surface area (Å²) in [6, 6.07) is 4.94. The number of anilines is 2. The van der Waals surface area contributed by atoms with Gasteiger partial charge >= 0.3 is 5.92 Å². The predicted octanol–water partition coefficient (Wildman–Crippen LogP) is 2.30. The van der Waals surface area contributed by atoms with Crippen LogP contribution in [0.4, 0.5) is 20.2 Å². The summed E-state index contributed by atoms with van der Waals surface area (Å²) in [7, 11) is 1.78. The van der Waals surface area contributed by atoms with Crippen LogP contribution in [0, 0.1) is 5.41 Å². The minimum Gasteiger partial charge on any atom is -0.388 e. The second-order valence-corrected chi connectivity index (χ2v) is 4.84. The minimum atomic E-state index is -3.39. The van der Waals surface area contributed by atoms with E-state index in [1.807, 2.05) is 6.07 Å². The minimum absolute atomic E-state index is 0.279. The highest BCUT2D eigenvalue weighted by Crippen LogP contribution is 2.18. The Labute approximate surface area is 122 Å². The van der Waals surface area contributed by atoms with Crippen LogP contribution in [0.15, 0.2) is 18.2 Å². The van der Waals surface area contributed by atoms with Gasteiger partial charge in [0.15, 0.2) is 0 Å². The van der Waals surface area contributed by atoms with Gasteiger partial charge in [0.1, 0.15) is 0 Å². The Morgan fingerprint density at radius 3 is 2.67 bits per heavy atom. The van der Waals surface area contributed by atoms with Crippen molar-refractivity contribution in [2.75, 3.05) is 24.2 Å². The summed E-state index contributed by atoms with van der Waals surface area (Å²) in [6.45, 7) is 2.47. The quantitative estimate of drug-likeness (QED) is 0.583. The van der Waals surface area contributed by atoms with E-state index in [2.05, 4.69) is 16.0 Å². The van der Waals surface area contributed by atoms with Gasteiger partial charge in [-0.3, -0.25) is 4.79 Å². The summed E-state index contributed by atoms with van der Waals surface area (Å²) in [6.07, 6.45) is 1.20. The molecule has 0 saturated heterocycles. The molecule has 0 aromatic heterocycles. The molecule has 0 aliphatic heterocycles. The molecule has 5 nitrogen and oxygen atoms in total. The van der Waals surface area contributed by atoms with Crippen molar-refractivity contribution in [3.05, 3.63) is 23.8 Å². The zero-order valence-corrected chi connectivity index (χ0v) is 12.3. The maximum absolute atomic E-state index is 12.8. The van der Waals surface area contributed by atoms with Crippen molar-refractivity contribution in [2.24, 2.45) is 0 Å². The van der Waals surface area contributed by atoms with Gasteiger partial charge in [-0.1, -0.05) is 0 Å². The van der Waals surface area contributed by atoms with Crippen LogP contribution in [-0.4, -0.2) is 37.7 Å². The Morgan fingerprint density at radius 1 is 1.48 bits per heavy atom. The summed E-state index contributed by atoms with van der Waals surface area (Å²) in [5.74, 6) is -4.68. The topological polar surface area (TPSA) is 77.0 Å². The smallest absolute Gasteiger partial charge is 0.321 e. The maximum atomic E-state index is 12.8. The van der Waals surface area contributed by atoms with Gasteiger partial charge in [-0.2, -0.15) is 8.78 Å². The molecule has 1 atom stereocenters. The normalized spacial score (nSPS) is 12.4. The van der Waals surface area contributed by atoms with Crippen molar-refractivity contribution in [2.45, 2.75) is 25.8 Å². The van der Waals surface area contributed by atoms with E-state index >= 15 is 0 Å². The summed E-state index contributed by atoms with van der Waals surface area (Å²) >= 11 is 0. The Kier molecular flexibility index (Phi) is 5.63. The number of alkyl halides is 2. The van der Waals surface area contributed by atoms with Gasteiger partial charge in [0.05, 0.1) is 0 Å². The highest BCUT2D eigenvalue weighted by atomic mass is 19.3. The lowest BCUT2D eigenvalue weighted by molar-refractivity contribution is -0.143. The fourth-order valence-corrected chi connectivity index (χ4v) is 1.66. The highest BCUT2D eigenvalue weighted by Gasteiger charge is 2.32. The van der Waals surface area contributed by atoms with Crippen LogP contribution in [0.1, 0.15) is 19.4 Å². The standard InChI is InChI=1S/C14H20F2N4O/c1-9(20-13(21)14(2,15)16)8-19-12-5-4-11(18-3)6-10(12)7-17/h4-7,9,17-19H,8H2,1-3H3,(H,20,21). The first kappa shape index (κ1) is 16.9. The zero-order valence-electron chi connectivity index (χ0n) is 12.3. The van der Waals surface area contributed by atoms with Crippen molar-refractivity contribution in [1.29, 1.82) is 5.41 Å². The third-order valence-electron chi connectivity index (χ3n) is 2.87. The van der Waals surface area contributed by atoms with Crippen LogP contribution in [0.2, 0.25) is 0 Å². The zero-order chi connectivity index (χ0) is 16.0. The molecule has 0 heterocycles. The lowest BCUT2D eigenvalue weighted by Gasteiger charge is -2.19. The molecule has 0 bridgehead atoms. The molecular weight excluding hydrogens is 278 g/mol. The third kappa shape index (κ3) is 5.02. The Morgan fingerprint density at radius 2 is 2.14 bits per heavy atom. The van der Waals surface area contributed by atoms with Crippen LogP contribution >= 0.6 is 0 Å². The first-order valence-electron chi connectivity index (χ1n) is 6.53. The first-order chi connectivity index (χ1) is 9.77. The molecule has 1 rings (SSSR count). The average Bonchev–Trinajstić information content (AvgIpc) is 2.43. The molecule has 1 aromatic carbocycles. The fourth-order valence-electron chi connectivity index (χ4n) is 1.66. The molecule has 21 heavy (non-hydrogen) atoms. The molecule has 4 N–H and O–H groups in total. The molecule has 0 aliphatic carbocycles. The molecule has 1 unspecified atom stereocenters. The monoisotopic (exact) mass is 298 g/mol. The van der Waals surface area contributed by atoms with Gasteiger partial charge in [0, 0.05) is 49.7 Å². The number of hydrogen-bond donors (Lipinski definition) is 4. The number of carbonyl (C=O) groups is 1. The molecule has 0 aliphatic rings. The molecule has 1 aromatic rings. The summed E-state index contributed by atoms with van der Waals surface area (Å²) < 4.78 is 25.5. The highest BCUT2D eigenvalue weighted by molar-refractivity contribution is 5.87. The van der Waals surface area contributed by atoms with Crippen LogP contribution in [0.25, 0.3) is 0 Å². The number of amides is 1. The van der Waals surface area contributed by atoms with Crippen LogP contribution in [0.3, 0.4) is 0 Å². The maximum Gasteiger partial charge on any atom is 0.321 e. The molecule has 0 fully saturated rings. The van der Waals surface area contributed by atoms with Gasteiger partial charge in [0.25, 0.3) is 5.91 Å². The lowest BCUT2D eigenvalue weighted by atomic mass is 10.1. The number of benzene rings is 1. The van der Waals surface area contributed by atoms with E-state index in [1.54, 1.807) is 26.1 Å². The van der Waals surface area contributed by atoms with Crippen molar-refractivity contribution in [3.63, 3.8) is 0 Å². The van der Waals surface area contributed by atoms with Crippen LogP contribution in [0.5, 0.6) is 0 Å². The summed E-state index contributed by atoms with van der Waals surface area (Å²) in [5.41, 5.74) is 2.24. The Balaban J connectivity index is 2.63. The molecule has 116 valence electrons. The van der Waals surface area contributed by atoms with Crippen LogP contribution < -0.4 is 16.0 Å². The summed E-state index contributed by atoms with van der Waals surface area (Å²) in [5, 5.41) is 15.6. The molecule has 7 heteroatoms. The van der Waals surface area contributed by atoms with Crippen molar-refractivity contribution >= 4 is 23.5 Å². The SMILES string of the molecule is CNc1ccc(NCC(C)NC(=O)C(C)(F)F)c(C=N)c1. The number of rotatable bonds is 7. The Bertz CT molecular complexity index is 514. The first-order valence-corrected chi connectivity index (χ1v) is 6.53. The molecule has 0 saturated carbocycles. The van der Waals surface area contributed by atoms with E-state index in [0.717, 1.165) is 5.69 Å². The molecular formula is C14H20F2N4O. The van der Waals surface area contributed by atoms with E-state index in [0.29, 0.717) is 18.2 Å². The fraction of sp³-hybridized carbons (Fsp3) is 0.429. The third-order valence-corrected chi connectivity index (χ3v) is 2.87. The second-order valence-electron chi connectivity index (χ2n) is 4.84. The predicted molar refractivity (Wildman–Crippen MR) is 80.6 cm³/mol. The van der Waals surface area contributed by atoms with Gasteiger partial charge in [-0.25, -0.2) is 0 Å². The summed E-state index contributed by atoms with van der Waals surface area (Å²) in [4.78, 5) is 11.2. The van der Waals surface area contributed by atoms with Gasteiger partial charge in [-0.15, -0.1) is 0 Å². The molecule has 0 radical (unpaired) electrons. The van der Waals surface area contributed by atoms with E-state index in [4.69, 9.17) is 5.41 Å². The number of hydrogen-bond acceptors (Lipinski definition) is 4. The Hall–Kier alpha value is -2.18. The lowest BCUT2D eigenvalue weighted by Crippen LogP contribution is -2.45. The van der Waals surface area contributed by atoms with Gasteiger partial charge < -0.3 is 21.4 Å². The second kappa shape index (κ2) is 7.01. The van der Waals surface area contributed by atoms with E-state index < -0.39 is 17.9 Å². The van der Waals surface area contributed by atoms with Crippen molar-refractivity contribution in [3.8, 4) is 0 Å².